The van der Waals surface area contributed by atoms with Crippen LogP contribution in [0.25, 0.3) is 0 Å². The molecule has 0 heterocycles. The first-order valence-electron chi connectivity index (χ1n) is 5.61. The van der Waals surface area contributed by atoms with Crippen molar-refractivity contribution >= 4 is 33.2 Å². The molecule has 0 bridgehead atoms. The quantitative estimate of drug-likeness (QED) is 0.853. The molecular formula is C14H13BrN2O2. The lowest BCUT2D eigenvalue weighted by molar-refractivity contribution is 0.102. The van der Waals surface area contributed by atoms with Gasteiger partial charge in [-0.05, 0) is 40.2 Å². The molecule has 2 aromatic rings. The fourth-order valence-corrected chi connectivity index (χ4v) is 2.01. The van der Waals surface area contributed by atoms with Gasteiger partial charge in [0.25, 0.3) is 5.91 Å². The van der Waals surface area contributed by atoms with Crippen LogP contribution in [0.2, 0.25) is 0 Å². The number of para-hydroxylation sites is 1. The van der Waals surface area contributed by atoms with Crippen molar-refractivity contribution in [2.45, 2.75) is 0 Å². The Hall–Kier alpha value is -2.01. The summed E-state index contributed by atoms with van der Waals surface area (Å²) in [7, 11) is 1.55. The minimum Gasteiger partial charge on any atom is -0.497 e. The summed E-state index contributed by atoms with van der Waals surface area (Å²) in [6, 6.07) is 12.3. The molecule has 2 rings (SSSR count). The van der Waals surface area contributed by atoms with Crippen molar-refractivity contribution in [3.8, 4) is 5.75 Å². The Labute approximate surface area is 119 Å². The molecule has 19 heavy (non-hydrogen) atoms. The van der Waals surface area contributed by atoms with E-state index >= 15 is 0 Å². The molecular weight excluding hydrogens is 308 g/mol. The molecule has 0 aliphatic carbocycles. The van der Waals surface area contributed by atoms with Crippen LogP contribution in [0, 0.1) is 0 Å². The number of nitrogen functional groups attached to an aromatic ring is 1. The average Bonchev–Trinajstić information content (AvgIpc) is 2.41. The largest absolute Gasteiger partial charge is 0.497 e. The first kappa shape index (κ1) is 13.4. The van der Waals surface area contributed by atoms with E-state index in [2.05, 4.69) is 21.2 Å². The second kappa shape index (κ2) is 5.75. The van der Waals surface area contributed by atoms with Crippen molar-refractivity contribution in [1.29, 1.82) is 0 Å². The van der Waals surface area contributed by atoms with Gasteiger partial charge >= 0.3 is 0 Å². The Morgan fingerprint density at radius 1 is 1.26 bits per heavy atom. The number of carbonyl (C=O) groups is 1. The van der Waals surface area contributed by atoms with E-state index in [9.17, 15) is 4.79 Å². The van der Waals surface area contributed by atoms with Gasteiger partial charge in [0.1, 0.15) is 5.75 Å². The molecule has 98 valence electrons. The maximum atomic E-state index is 12.1. The summed E-state index contributed by atoms with van der Waals surface area (Å²) in [6.45, 7) is 0. The van der Waals surface area contributed by atoms with Crippen LogP contribution in [-0.4, -0.2) is 13.0 Å². The molecule has 0 unspecified atom stereocenters. The predicted octanol–water partition coefficient (Wildman–Crippen LogP) is 3.29. The maximum absolute atomic E-state index is 12.1. The second-order valence-corrected chi connectivity index (χ2v) is 4.74. The second-order valence-electron chi connectivity index (χ2n) is 3.89. The first-order valence-corrected chi connectivity index (χ1v) is 6.40. The monoisotopic (exact) mass is 320 g/mol. The number of nitrogens with one attached hydrogen (secondary N) is 1. The van der Waals surface area contributed by atoms with E-state index in [0.29, 0.717) is 22.7 Å². The smallest absolute Gasteiger partial charge is 0.257 e. The number of ether oxygens (including phenoxy) is 1. The van der Waals surface area contributed by atoms with Crippen LogP contribution in [0.3, 0.4) is 0 Å². The Morgan fingerprint density at radius 3 is 2.63 bits per heavy atom. The normalized spacial score (nSPS) is 10.0. The Balaban J connectivity index is 2.23. The minimum atomic E-state index is -0.257. The number of carbonyl (C=O) groups excluding carboxylic acids is 1. The summed E-state index contributed by atoms with van der Waals surface area (Å²) in [5.41, 5.74) is 7.33. The number of amides is 1. The third kappa shape index (κ3) is 3.06. The van der Waals surface area contributed by atoms with Gasteiger partial charge in [0.15, 0.2) is 0 Å². The number of methoxy groups -OCH3 is 1. The number of benzene rings is 2. The zero-order valence-corrected chi connectivity index (χ0v) is 11.9. The molecule has 0 aliphatic rings. The van der Waals surface area contributed by atoms with E-state index in [1.807, 2.05) is 24.3 Å². The molecule has 0 fully saturated rings. The van der Waals surface area contributed by atoms with E-state index < -0.39 is 0 Å². The first-order chi connectivity index (χ1) is 9.11. The number of anilines is 2. The molecule has 5 heteroatoms. The van der Waals surface area contributed by atoms with Gasteiger partial charge in [-0.3, -0.25) is 4.79 Å². The van der Waals surface area contributed by atoms with Crippen LogP contribution in [0.1, 0.15) is 10.4 Å². The Bertz CT molecular complexity index is 614. The molecule has 0 atom stereocenters. The molecule has 0 spiro atoms. The molecule has 1 amide bonds. The van der Waals surface area contributed by atoms with Crippen molar-refractivity contribution in [2.24, 2.45) is 0 Å². The fourth-order valence-electron chi connectivity index (χ4n) is 1.63. The van der Waals surface area contributed by atoms with E-state index in [1.54, 1.807) is 25.3 Å². The number of halogens is 1. The molecule has 2 aromatic carbocycles. The summed E-state index contributed by atoms with van der Waals surface area (Å²) in [4.78, 5) is 12.1. The van der Waals surface area contributed by atoms with E-state index in [4.69, 9.17) is 10.5 Å². The lowest BCUT2D eigenvalue weighted by atomic mass is 10.1. The average molecular weight is 321 g/mol. The number of rotatable bonds is 3. The van der Waals surface area contributed by atoms with E-state index in [0.717, 1.165) is 4.47 Å². The third-order valence-corrected chi connectivity index (χ3v) is 3.32. The van der Waals surface area contributed by atoms with Crippen molar-refractivity contribution in [3.63, 3.8) is 0 Å². The molecule has 0 aromatic heterocycles. The lowest BCUT2D eigenvalue weighted by Crippen LogP contribution is -2.14. The summed E-state index contributed by atoms with van der Waals surface area (Å²) in [5.74, 6) is 0.363. The highest BCUT2D eigenvalue weighted by atomic mass is 79.9. The van der Waals surface area contributed by atoms with Gasteiger partial charge in [0.2, 0.25) is 0 Å². The van der Waals surface area contributed by atoms with Crippen LogP contribution in [-0.2, 0) is 0 Å². The predicted molar refractivity (Wildman–Crippen MR) is 79.5 cm³/mol. The summed E-state index contributed by atoms with van der Waals surface area (Å²) in [5, 5.41) is 2.80. The summed E-state index contributed by atoms with van der Waals surface area (Å²) in [6.07, 6.45) is 0. The molecule has 0 saturated heterocycles. The molecule has 4 nitrogen and oxygen atoms in total. The standard InChI is InChI=1S/C14H13BrN2O2/c1-19-9-6-7-10(12(16)8-9)14(18)17-13-5-3-2-4-11(13)15/h2-8H,16H2,1H3,(H,17,18). The maximum Gasteiger partial charge on any atom is 0.257 e. The van der Waals surface area contributed by atoms with Gasteiger partial charge in [-0.25, -0.2) is 0 Å². The van der Waals surface area contributed by atoms with Crippen molar-refractivity contribution in [2.75, 3.05) is 18.2 Å². The molecule has 3 N–H and O–H groups in total. The molecule has 0 saturated carbocycles. The van der Waals surface area contributed by atoms with Crippen molar-refractivity contribution in [1.82, 2.24) is 0 Å². The lowest BCUT2D eigenvalue weighted by Gasteiger charge is -2.10. The van der Waals surface area contributed by atoms with Crippen molar-refractivity contribution in [3.05, 3.63) is 52.5 Å². The molecule has 0 aliphatic heterocycles. The van der Waals surface area contributed by atoms with Crippen LogP contribution in [0.5, 0.6) is 5.75 Å². The SMILES string of the molecule is COc1ccc(C(=O)Nc2ccccc2Br)c(N)c1. The van der Waals surface area contributed by atoms with Crippen molar-refractivity contribution < 1.29 is 9.53 Å². The topological polar surface area (TPSA) is 64.3 Å². The number of nitrogens with two attached hydrogens (primary N) is 1. The minimum absolute atomic E-state index is 0.257. The van der Waals surface area contributed by atoms with Crippen LogP contribution in [0.15, 0.2) is 46.9 Å². The van der Waals surface area contributed by atoms with Crippen LogP contribution >= 0.6 is 15.9 Å². The van der Waals surface area contributed by atoms with Crippen LogP contribution in [0.4, 0.5) is 11.4 Å². The summed E-state index contributed by atoms with van der Waals surface area (Å²) >= 11 is 3.37. The van der Waals surface area contributed by atoms with Crippen LogP contribution < -0.4 is 15.8 Å². The van der Waals surface area contributed by atoms with Gasteiger partial charge in [-0.1, -0.05) is 12.1 Å². The van der Waals surface area contributed by atoms with Gasteiger partial charge < -0.3 is 15.8 Å². The number of hydrogen-bond acceptors (Lipinski definition) is 3. The highest BCUT2D eigenvalue weighted by Crippen LogP contribution is 2.24. The Morgan fingerprint density at radius 2 is 2.00 bits per heavy atom. The van der Waals surface area contributed by atoms with E-state index in [-0.39, 0.29) is 5.91 Å². The van der Waals surface area contributed by atoms with Gasteiger partial charge in [-0.2, -0.15) is 0 Å². The number of hydrogen-bond donors (Lipinski definition) is 2. The zero-order chi connectivity index (χ0) is 13.8. The zero-order valence-electron chi connectivity index (χ0n) is 10.3. The Kier molecular flexibility index (Phi) is 4.06. The van der Waals surface area contributed by atoms with E-state index in [1.165, 1.54) is 0 Å². The summed E-state index contributed by atoms with van der Waals surface area (Å²) < 4.78 is 5.86. The molecule has 0 radical (unpaired) electrons. The van der Waals surface area contributed by atoms with Gasteiger partial charge in [0.05, 0.1) is 18.4 Å². The third-order valence-electron chi connectivity index (χ3n) is 2.63. The highest BCUT2D eigenvalue weighted by molar-refractivity contribution is 9.10. The highest BCUT2D eigenvalue weighted by Gasteiger charge is 2.11. The fraction of sp³-hybridized carbons (Fsp3) is 0.0714. The van der Waals surface area contributed by atoms with Gasteiger partial charge in [-0.15, -0.1) is 0 Å². The van der Waals surface area contributed by atoms with Gasteiger partial charge in [0, 0.05) is 16.2 Å².